The van der Waals surface area contributed by atoms with Gasteiger partial charge in [-0.1, -0.05) is 54.6 Å². The van der Waals surface area contributed by atoms with Gasteiger partial charge in [-0.05, 0) is 56.2 Å². The summed E-state index contributed by atoms with van der Waals surface area (Å²) in [6.45, 7) is 6.77. The number of amides is 1. The number of nitrogens with zero attached hydrogens (tertiary/aromatic N) is 1. The lowest BCUT2D eigenvalue weighted by molar-refractivity contribution is -0.0510. The van der Waals surface area contributed by atoms with Crippen LogP contribution in [0.1, 0.15) is 44.9 Å². The second-order valence-corrected chi connectivity index (χ2v) is 11.6. The molecule has 1 aliphatic heterocycles. The van der Waals surface area contributed by atoms with Crippen molar-refractivity contribution in [1.29, 1.82) is 0 Å². The summed E-state index contributed by atoms with van der Waals surface area (Å²) in [5.41, 5.74) is -5.61. The second kappa shape index (κ2) is 10.4. The van der Waals surface area contributed by atoms with Crippen LogP contribution in [0, 0.1) is 0 Å². The van der Waals surface area contributed by atoms with E-state index in [0.29, 0.717) is 0 Å². The topological polar surface area (TPSA) is 82.1 Å². The van der Waals surface area contributed by atoms with Gasteiger partial charge in [0.1, 0.15) is 17.5 Å². The summed E-state index contributed by atoms with van der Waals surface area (Å²) in [6, 6.07) is 18.7. The number of carbonyl (C=O) groups excluding carboxylic acids is 1. The van der Waals surface area contributed by atoms with Gasteiger partial charge in [-0.2, -0.15) is 21.6 Å². The molecule has 0 aliphatic carbocycles. The average Bonchev–Trinajstić information content (AvgIpc) is 2.84. The Labute approximate surface area is 224 Å². The maximum atomic E-state index is 13.4. The van der Waals surface area contributed by atoms with Gasteiger partial charge in [-0.15, -0.1) is 0 Å². The SMILES string of the molecule is C[C@H](c1cccc2ccccc12)N(C[C@@H]1C=C(OS(=O)(=O)C(F)(F)F)c2ccccc2O1)C(=O)OC(C)(C)C. The molecule has 0 saturated carbocycles. The largest absolute Gasteiger partial charge is 0.534 e. The Morgan fingerprint density at radius 1 is 1.00 bits per heavy atom. The first-order valence-corrected chi connectivity index (χ1v) is 13.5. The van der Waals surface area contributed by atoms with Crippen molar-refractivity contribution in [3.63, 3.8) is 0 Å². The molecular weight excluding hydrogens is 535 g/mol. The zero-order chi connectivity index (χ0) is 28.6. The third-order valence-corrected chi connectivity index (χ3v) is 6.96. The van der Waals surface area contributed by atoms with Gasteiger partial charge in [0.15, 0.2) is 5.76 Å². The Bertz CT molecular complexity index is 1510. The Morgan fingerprint density at radius 3 is 2.33 bits per heavy atom. The van der Waals surface area contributed by atoms with Gasteiger partial charge in [0.25, 0.3) is 0 Å². The minimum absolute atomic E-state index is 0.0347. The molecule has 3 aromatic carbocycles. The first-order chi connectivity index (χ1) is 18.2. The van der Waals surface area contributed by atoms with Crippen molar-refractivity contribution in [3.05, 3.63) is 83.9 Å². The van der Waals surface area contributed by atoms with E-state index in [2.05, 4.69) is 4.18 Å². The van der Waals surface area contributed by atoms with Crippen LogP contribution in [-0.4, -0.2) is 43.2 Å². The van der Waals surface area contributed by atoms with Gasteiger partial charge in [0.05, 0.1) is 18.2 Å². The summed E-state index contributed by atoms with van der Waals surface area (Å²) in [7, 11) is -5.95. The standard InChI is InChI=1S/C28H28F3NO6S/c1-18(21-14-9-11-19-10-5-6-12-22(19)21)32(26(33)37-27(2,3)4)17-20-16-25(38-39(34,35)28(29,30)31)23-13-7-8-15-24(23)36-20/h5-16,18,20H,17H2,1-4H3/t18-,20+/m1/s1. The van der Waals surface area contributed by atoms with Crippen molar-refractivity contribution in [2.24, 2.45) is 0 Å². The molecule has 3 aromatic rings. The Hall–Kier alpha value is -3.73. The molecule has 1 amide bonds. The maximum absolute atomic E-state index is 13.4. The van der Waals surface area contributed by atoms with Gasteiger partial charge >= 0.3 is 21.7 Å². The highest BCUT2D eigenvalue weighted by atomic mass is 32.2. The average molecular weight is 564 g/mol. The van der Waals surface area contributed by atoms with E-state index in [1.54, 1.807) is 33.8 Å². The number of fused-ring (bicyclic) bond motifs is 2. The number of alkyl halides is 3. The highest BCUT2D eigenvalue weighted by Crippen LogP contribution is 2.38. The number of rotatable bonds is 6. The molecule has 0 radical (unpaired) electrons. The van der Waals surface area contributed by atoms with Crippen LogP contribution in [0.25, 0.3) is 16.5 Å². The zero-order valence-corrected chi connectivity index (χ0v) is 22.5. The number of para-hydroxylation sites is 1. The van der Waals surface area contributed by atoms with Gasteiger partial charge in [-0.3, -0.25) is 4.90 Å². The summed E-state index contributed by atoms with van der Waals surface area (Å²) < 4.78 is 79.1. The number of halogens is 3. The molecule has 39 heavy (non-hydrogen) atoms. The van der Waals surface area contributed by atoms with E-state index in [1.165, 1.54) is 23.1 Å². The van der Waals surface area contributed by atoms with Crippen LogP contribution in [0.4, 0.5) is 18.0 Å². The van der Waals surface area contributed by atoms with Crippen LogP contribution in [0.2, 0.25) is 0 Å². The van der Waals surface area contributed by atoms with E-state index in [4.69, 9.17) is 9.47 Å². The molecule has 0 aromatic heterocycles. The molecule has 0 unspecified atom stereocenters. The van der Waals surface area contributed by atoms with Gasteiger partial charge in [0.2, 0.25) is 0 Å². The molecule has 0 spiro atoms. The molecule has 208 valence electrons. The molecule has 11 heteroatoms. The van der Waals surface area contributed by atoms with Crippen molar-refractivity contribution >= 4 is 32.7 Å². The Balaban J connectivity index is 1.74. The summed E-state index contributed by atoms with van der Waals surface area (Å²) in [5, 5.41) is 1.87. The summed E-state index contributed by atoms with van der Waals surface area (Å²) >= 11 is 0. The molecule has 0 N–H and O–H groups in total. The van der Waals surface area contributed by atoms with E-state index in [0.717, 1.165) is 22.4 Å². The first-order valence-electron chi connectivity index (χ1n) is 12.1. The molecule has 0 bridgehead atoms. The molecular formula is C28H28F3NO6S. The van der Waals surface area contributed by atoms with E-state index >= 15 is 0 Å². The summed E-state index contributed by atoms with van der Waals surface area (Å²) in [5.74, 6) is -0.430. The normalized spacial score (nSPS) is 16.5. The minimum Gasteiger partial charge on any atom is -0.484 e. The smallest absolute Gasteiger partial charge is 0.484 e. The molecule has 1 aliphatic rings. The minimum atomic E-state index is -5.95. The van der Waals surface area contributed by atoms with Crippen LogP contribution >= 0.6 is 0 Å². The van der Waals surface area contributed by atoms with Crippen molar-refractivity contribution in [3.8, 4) is 5.75 Å². The maximum Gasteiger partial charge on any atom is 0.534 e. The van der Waals surface area contributed by atoms with E-state index in [9.17, 15) is 26.4 Å². The Kier molecular flexibility index (Phi) is 7.57. The number of hydrogen-bond donors (Lipinski definition) is 0. The third-order valence-electron chi connectivity index (χ3n) is 6.00. The molecule has 4 rings (SSSR count). The lowest BCUT2D eigenvalue weighted by Gasteiger charge is -2.35. The second-order valence-electron chi connectivity index (χ2n) is 10.0. The van der Waals surface area contributed by atoms with Crippen molar-refractivity contribution < 1.29 is 40.0 Å². The van der Waals surface area contributed by atoms with Gasteiger partial charge in [-0.25, -0.2) is 4.79 Å². The van der Waals surface area contributed by atoms with Crippen LogP contribution < -0.4 is 4.74 Å². The van der Waals surface area contributed by atoms with Crippen molar-refractivity contribution in [2.45, 2.75) is 51.0 Å². The fraction of sp³-hybridized carbons (Fsp3) is 0.321. The van der Waals surface area contributed by atoms with Crippen LogP contribution in [0.15, 0.2) is 72.8 Å². The summed E-state index contributed by atoms with van der Waals surface area (Å²) in [6.07, 6.45) is -0.605. The number of hydrogen-bond acceptors (Lipinski definition) is 6. The predicted octanol–water partition coefficient (Wildman–Crippen LogP) is 6.81. The molecule has 1 heterocycles. The molecule has 2 atom stereocenters. The lowest BCUT2D eigenvalue weighted by Crippen LogP contribution is -2.44. The molecule has 0 fully saturated rings. The number of carbonyl (C=O) groups is 1. The van der Waals surface area contributed by atoms with Crippen LogP contribution in [0.5, 0.6) is 5.75 Å². The quantitative estimate of drug-likeness (QED) is 0.242. The van der Waals surface area contributed by atoms with E-state index < -0.39 is 45.2 Å². The van der Waals surface area contributed by atoms with Crippen LogP contribution in [-0.2, 0) is 19.0 Å². The number of ether oxygens (including phenoxy) is 2. The van der Waals surface area contributed by atoms with Crippen molar-refractivity contribution in [1.82, 2.24) is 4.90 Å². The van der Waals surface area contributed by atoms with Gasteiger partial charge < -0.3 is 13.7 Å². The number of benzene rings is 3. The molecule has 7 nitrogen and oxygen atoms in total. The highest BCUT2D eigenvalue weighted by Gasteiger charge is 2.49. The van der Waals surface area contributed by atoms with Gasteiger partial charge in [0, 0.05) is 6.08 Å². The van der Waals surface area contributed by atoms with Crippen molar-refractivity contribution in [2.75, 3.05) is 6.54 Å². The Morgan fingerprint density at radius 2 is 1.64 bits per heavy atom. The monoisotopic (exact) mass is 563 g/mol. The third kappa shape index (κ3) is 6.30. The highest BCUT2D eigenvalue weighted by molar-refractivity contribution is 7.87. The summed E-state index contributed by atoms with van der Waals surface area (Å²) in [4.78, 5) is 14.8. The first kappa shape index (κ1) is 28.3. The van der Waals surface area contributed by atoms with E-state index in [1.807, 2.05) is 42.5 Å². The fourth-order valence-electron chi connectivity index (χ4n) is 4.24. The fourth-order valence-corrected chi connectivity index (χ4v) is 4.72. The lowest BCUT2D eigenvalue weighted by atomic mass is 9.98. The van der Waals surface area contributed by atoms with Crippen LogP contribution in [0.3, 0.4) is 0 Å². The molecule has 0 saturated heterocycles. The predicted molar refractivity (Wildman–Crippen MR) is 140 cm³/mol. The van der Waals surface area contributed by atoms with E-state index in [-0.39, 0.29) is 17.9 Å². The zero-order valence-electron chi connectivity index (χ0n) is 21.7.